The van der Waals surface area contributed by atoms with Gasteiger partial charge in [0.05, 0.1) is 0 Å². The average Bonchev–Trinajstić information content (AvgIpc) is 0. The fraction of sp³-hybridized carbons (Fsp3) is 0. The molecule has 0 amide bonds. The Morgan fingerprint density at radius 3 is 1.00 bits per heavy atom. The summed E-state index contributed by atoms with van der Waals surface area (Å²) in [7, 11) is 0. The second-order valence-electron chi connectivity index (χ2n) is 0. The molecule has 0 aromatic rings. The molecule has 0 rings (SSSR count). The van der Waals surface area contributed by atoms with Crippen molar-refractivity contribution in [2.75, 3.05) is 0 Å². The van der Waals surface area contributed by atoms with Crippen LogP contribution >= 0.6 is 0 Å². The van der Waals surface area contributed by atoms with E-state index >= 15 is 0 Å². The van der Waals surface area contributed by atoms with E-state index in [1.54, 1.807) is 0 Å². The Bertz CT molecular complexity index is 11.6. The molecule has 5 heteroatoms. The molecule has 0 unspecified atom stereocenters. The Hall–Kier alpha value is 3.92. The second kappa shape index (κ2) is 24.7. The van der Waals surface area contributed by atoms with Crippen molar-refractivity contribution >= 4 is 76.0 Å². The van der Waals surface area contributed by atoms with Crippen molar-refractivity contribution in [3.8, 4) is 0 Å². The first-order valence-corrected chi connectivity index (χ1v) is 0. The predicted molar refractivity (Wildman–Crippen MR) is 28.4 cm³/mol. The fourth-order valence-corrected chi connectivity index (χ4v) is 0. The van der Waals surface area contributed by atoms with Gasteiger partial charge in [-0.2, -0.15) is 0 Å². The minimum atomic E-state index is 0. The van der Waals surface area contributed by atoms with E-state index < -0.39 is 0 Å². The van der Waals surface area contributed by atoms with Crippen LogP contribution < -0.4 is 0 Å². The summed E-state index contributed by atoms with van der Waals surface area (Å²) in [5, 5.41) is 0. The quantitative estimate of drug-likeness (QED) is 0.232. The van der Waals surface area contributed by atoms with Crippen LogP contribution in [0.2, 0.25) is 0 Å². The van der Waals surface area contributed by atoms with Crippen molar-refractivity contribution in [2.45, 2.75) is 0 Å². The van der Waals surface area contributed by atoms with E-state index in [1.165, 1.54) is 0 Å². The van der Waals surface area contributed by atoms with Crippen molar-refractivity contribution < 1.29 is 41.9 Å². The van der Waals surface area contributed by atoms with E-state index in [-0.39, 0.29) is 118 Å². The third-order valence-electron chi connectivity index (χ3n) is 0. The normalized spacial score (nSPS) is 0. The van der Waals surface area contributed by atoms with Crippen LogP contribution in [0.5, 0.6) is 0 Å². The van der Waals surface area contributed by atoms with Crippen LogP contribution in [0.25, 0.3) is 0 Å². The molecule has 5 heavy (non-hydrogen) atoms. The van der Waals surface area contributed by atoms with Crippen molar-refractivity contribution in [1.82, 2.24) is 0 Å². The van der Waals surface area contributed by atoms with E-state index in [1.807, 2.05) is 0 Å². The zero-order valence-electron chi connectivity index (χ0n) is 2.42. The molecule has 3 radical (unpaired) electrons. The number of hydrogen-bond acceptors (Lipinski definition) is 0. The smallest absolute Gasteiger partial charge is 0 e. The standard InChI is InChI=1S/Au.Bi.In.Sn.Zn.8H. The maximum absolute atomic E-state index is 0. The molecule has 0 atom stereocenters. The first kappa shape index (κ1) is 36.4. The molecule has 0 saturated heterocycles. The maximum atomic E-state index is 0. The van der Waals surface area contributed by atoms with Gasteiger partial charge in [0.25, 0.3) is 0 Å². The molecule has 0 aromatic carbocycles. The van der Waals surface area contributed by atoms with Gasteiger partial charge in [-0.15, -0.1) is 0 Å². The zero-order chi connectivity index (χ0) is 0. The number of hydrogen-bond donors (Lipinski definition) is 0. The molecule has 0 aliphatic heterocycles. The molecule has 0 fully saturated rings. The molecule has 0 spiro atoms. The summed E-state index contributed by atoms with van der Waals surface area (Å²) in [5.41, 5.74) is 0. The van der Waals surface area contributed by atoms with Crippen LogP contribution in [-0.4, -0.2) is 76.0 Å². The molecule has 0 aromatic heterocycles. The zero-order valence-corrected chi connectivity index (χ0v) is 17.1. The van der Waals surface area contributed by atoms with E-state index in [0.717, 1.165) is 0 Å². The summed E-state index contributed by atoms with van der Waals surface area (Å²) in [5.74, 6) is 0. The summed E-state index contributed by atoms with van der Waals surface area (Å²) >= 11 is 0. The van der Waals surface area contributed by atoms with Gasteiger partial charge in [-0.05, 0) is 0 Å². The second-order valence-corrected chi connectivity index (χ2v) is 0. The van der Waals surface area contributed by atoms with Crippen molar-refractivity contribution in [3.63, 3.8) is 0 Å². The molecule has 0 heterocycles. The van der Waals surface area contributed by atoms with Crippen LogP contribution in [0, 0.1) is 0 Å². The van der Waals surface area contributed by atoms with Crippen molar-refractivity contribution in [2.24, 2.45) is 0 Å². The third kappa shape index (κ3) is 18.1. The van der Waals surface area contributed by atoms with E-state index in [0.29, 0.717) is 0 Å². The van der Waals surface area contributed by atoms with Crippen LogP contribution in [0.3, 0.4) is 0 Å². The maximum Gasteiger partial charge on any atom is 0 e. The number of rotatable bonds is 0. The first-order valence-electron chi connectivity index (χ1n) is 0. The Kier molecular flexibility index (Phi) is 180. The predicted octanol–water partition coefficient (Wildman–Crippen LogP) is -3.29. The van der Waals surface area contributed by atoms with E-state index in [2.05, 4.69) is 0 Å². The van der Waals surface area contributed by atoms with Gasteiger partial charge in [-0.3, -0.25) is 0 Å². The summed E-state index contributed by atoms with van der Waals surface area (Å²) in [6.07, 6.45) is 0. The molecule has 0 nitrogen and oxygen atoms in total. The van der Waals surface area contributed by atoms with Crippen LogP contribution in [0.4, 0.5) is 0 Å². The van der Waals surface area contributed by atoms with Gasteiger partial charge >= 0.3 is 76.0 Å². The average molecular weight is 713 g/mol. The minimum Gasteiger partial charge on any atom is 0 e. The van der Waals surface area contributed by atoms with Gasteiger partial charge in [0, 0.05) is 41.9 Å². The first-order chi connectivity index (χ1) is 0. The van der Waals surface area contributed by atoms with Gasteiger partial charge in [0.15, 0.2) is 0 Å². The molecule has 33 valence electrons. The third-order valence-corrected chi connectivity index (χ3v) is 0. The fourth-order valence-electron chi connectivity index (χ4n) is 0. The van der Waals surface area contributed by atoms with E-state index in [4.69, 9.17) is 0 Å². The van der Waals surface area contributed by atoms with E-state index in [9.17, 15) is 0 Å². The summed E-state index contributed by atoms with van der Waals surface area (Å²) in [6.45, 7) is 0. The Morgan fingerprint density at radius 1 is 1.00 bits per heavy atom. The van der Waals surface area contributed by atoms with Crippen LogP contribution in [0.15, 0.2) is 0 Å². The Labute approximate surface area is 115 Å². The molecule has 0 bridgehead atoms. The molecule has 0 saturated carbocycles. The van der Waals surface area contributed by atoms with Gasteiger partial charge in [0.2, 0.25) is 0 Å². The van der Waals surface area contributed by atoms with Crippen LogP contribution in [0.1, 0.15) is 0 Å². The Morgan fingerprint density at radius 2 is 1.00 bits per heavy atom. The molecule has 0 aliphatic rings. The molecule has 0 N–H and O–H groups in total. The summed E-state index contributed by atoms with van der Waals surface area (Å²) in [6, 6.07) is 0. The SMILES string of the molecule is [Au].[BiH3].[InH3].[SnH2].[Zn]. The molecular weight excluding hydrogens is 705 g/mol. The van der Waals surface area contributed by atoms with Crippen LogP contribution in [-0.2, 0) is 41.9 Å². The largest absolute Gasteiger partial charge is 0 e. The monoisotopic (exact) mass is 713 g/mol. The van der Waals surface area contributed by atoms with Gasteiger partial charge in [-0.1, -0.05) is 0 Å². The van der Waals surface area contributed by atoms with Crippen molar-refractivity contribution in [1.29, 1.82) is 0 Å². The summed E-state index contributed by atoms with van der Waals surface area (Å²) in [4.78, 5) is 0. The molecular formula is H8AuBiInSnZn. The summed E-state index contributed by atoms with van der Waals surface area (Å²) < 4.78 is 0. The van der Waals surface area contributed by atoms with Gasteiger partial charge < -0.3 is 0 Å². The Balaban J connectivity index is 0. The molecule has 0 aliphatic carbocycles. The van der Waals surface area contributed by atoms with Gasteiger partial charge in [-0.25, -0.2) is 0 Å². The van der Waals surface area contributed by atoms with Gasteiger partial charge in [0.1, 0.15) is 0 Å². The minimum absolute atomic E-state index is 0. The topological polar surface area (TPSA) is 0 Å². The van der Waals surface area contributed by atoms with Crippen molar-refractivity contribution in [3.05, 3.63) is 0 Å².